The molecule has 1 N–H and O–H groups in total. The van der Waals surface area contributed by atoms with E-state index in [0.717, 1.165) is 0 Å². The highest BCUT2D eigenvalue weighted by Gasteiger charge is 2.47. The van der Waals surface area contributed by atoms with Crippen molar-refractivity contribution in [3.05, 3.63) is 0 Å². The maximum atomic E-state index is 10.9. The van der Waals surface area contributed by atoms with Crippen LogP contribution < -0.4 is 0 Å². The number of aliphatic hydroxyl groups excluding tert-OH is 1. The van der Waals surface area contributed by atoms with Crippen LogP contribution in [0.5, 0.6) is 0 Å². The standard InChI is InChI=1S/C6H9O4/c7-3-1-9-6-4(8)2-10-5(3)6/h3-7H,1-2H2/t3-,4-,5-,6-/m1/s1. The SMILES string of the molecule is [O][C@@H]1CO[C@H]2[C@@H]1OC[C@H]2O. The zero-order chi connectivity index (χ0) is 7.14. The maximum absolute atomic E-state index is 10.9. The monoisotopic (exact) mass is 145 g/mol. The summed E-state index contributed by atoms with van der Waals surface area (Å²) in [5.41, 5.74) is 0. The lowest BCUT2D eigenvalue weighted by Gasteiger charge is -2.08. The van der Waals surface area contributed by atoms with Crippen LogP contribution in [0.1, 0.15) is 0 Å². The Morgan fingerprint density at radius 1 is 1.20 bits per heavy atom. The summed E-state index contributed by atoms with van der Waals surface area (Å²) in [5.74, 6) is 0. The smallest absolute Gasteiger partial charge is 0.145 e. The van der Waals surface area contributed by atoms with Crippen LogP contribution in [0.4, 0.5) is 0 Å². The predicted molar refractivity (Wildman–Crippen MR) is 30.0 cm³/mol. The number of hydrogen-bond acceptors (Lipinski definition) is 3. The lowest BCUT2D eigenvalue weighted by Crippen LogP contribution is -2.30. The molecule has 2 heterocycles. The fraction of sp³-hybridized carbons (Fsp3) is 1.00. The Balaban J connectivity index is 2.09. The molecule has 57 valence electrons. The van der Waals surface area contributed by atoms with E-state index in [9.17, 15) is 5.11 Å². The van der Waals surface area contributed by atoms with Crippen LogP contribution >= 0.6 is 0 Å². The average Bonchev–Trinajstić information content (AvgIpc) is 2.41. The van der Waals surface area contributed by atoms with Gasteiger partial charge in [-0.15, -0.1) is 0 Å². The molecule has 2 aliphatic heterocycles. The zero-order valence-electron chi connectivity index (χ0n) is 5.40. The molecule has 4 nitrogen and oxygen atoms in total. The van der Waals surface area contributed by atoms with E-state index in [0.29, 0.717) is 0 Å². The Hall–Kier alpha value is -0.160. The summed E-state index contributed by atoms with van der Waals surface area (Å²) in [6, 6.07) is 0. The minimum absolute atomic E-state index is 0.173. The predicted octanol–water partition coefficient (Wildman–Crippen LogP) is -1.06. The lowest BCUT2D eigenvalue weighted by atomic mass is 10.1. The lowest BCUT2D eigenvalue weighted by molar-refractivity contribution is -0.0270. The number of ether oxygens (including phenoxy) is 2. The molecule has 4 heteroatoms. The second-order valence-corrected chi connectivity index (χ2v) is 2.70. The van der Waals surface area contributed by atoms with Crippen molar-refractivity contribution in [3.63, 3.8) is 0 Å². The van der Waals surface area contributed by atoms with E-state index < -0.39 is 18.3 Å². The second kappa shape index (κ2) is 2.17. The highest BCUT2D eigenvalue weighted by molar-refractivity contribution is 4.93. The molecular weight excluding hydrogens is 136 g/mol. The van der Waals surface area contributed by atoms with Gasteiger partial charge in [-0.2, -0.15) is 0 Å². The number of hydrogen-bond donors (Lipinski definition) is 1. The van der Waals surface area contributed by atoms with Gasteiger partial charge in [-0.25, -0.2) is 5.11 Å². The summed E-state index contributed by atoms with van der Waals surface area (Å²) >= 11 is 0. The summed E-state index contributed by atoms with van der Waals surface area (Å²) in [6.07, 6.45) is -2.16. The summed E-state index contributed by atoms with van der Waals surface area (Å²) in [6.45, 7) is 0.417. The normalized spacial score (nSPS) is 53.4. The molecule has 0 amide bonds. The molecule has 0 aromatic rings. The van der Waals surface area contributed by atoms with E-state index in [4.69, 9.17) is 14.6 Å². The number of fused-ring (bicyclic) bond motifs is 1. The van der Waals surface area contributed by atoms with Gasteiger partial charge < -0.3 is 14.6 Å². The molecule has 2 aliphatic rings. The molecule has 0 spiro atoms. The summed E-state index contributed by atoms with van der Waals surface area (Å²) in [7, 11) is 0. The minimum atomic E-state index is -0.804. The maximum Gasteiger partial charge on any atom is 0.145 e. The van der Waals surface area contributed by atoms with Crippen molar-refractivity contribution in [3.8, 4) is 0 Å². The van der Waals surface area contributed by atoms with Crippen LogP contribution in [-0.2, 0) is 14.6 Å². The van der Waals surface area contributed by atoms with Crippen molar-refractivity contribution in [2.24, 2.45) is 0 Å². The van der Waals surface area contributed by atoms with Gasteiger partial charge in [0, 0.05) is 0 Å². The first-order chi connectivity index (χ1) is 4.79. The van der Waals surface area contributed by atoms with Gasteiger partial charge >= 0.3 is 0 Å². The van der Waals surface area contributed by atoms with Crippen LogP contribution in [0.15, 0.2) is 0 Å². The summed E-state index contributed by atoms with van der Waals surface area (Å²) < 4.78 is 10.0. The molecule has 0 aromatic heterocycles. The average molecular weight is 145 g/mol. The minimum Gasteiger partial charge on any atom is -0.388 e. The van der Waals surface area contributed by atoms with Gasteiger partial charge in [0.15, 0.2) is 0 Å². The third-order valence-corrected chi connectivity index (χ3v) is 1.98. The van der Waals surface area contributed by atoms with E-state index in [1.54, 1.807) is 0 Å². The van der Waals surface area contributed by atoms with Gasteiger partial charge in [-0.3, -0.25) is 0 Å². The van der Waals surface area contributed by atoms with Crippen molar-refractivity contribution in [1.82, 2.24) is 0 Å². The highest BCUT2D eigenvalue weighted by Crippen LogP contribution is 2.26. The van der Waals surface area contributed by atoms with Gasteiger partial charge in [-0.05, 0) is 0 Å². The van der Waals surface area contributed by atoms with Crippen molar-refractivity contribution in [2.45, 2.75) is 24.4 Å². The first-order valence-electron chi connectivity index (χ1n) is 3.36. The molecule has 4 atom stereocenters. The van der Waals surface area contributed by atoms with E-state index in [-0.39, 0.29) is 19.3 Å². The van der Waals surface area contributed by atoms with E-state index in [1.807, 2.05) is 0 Å². The second-order valence-electron chi connectivity index (χ2n) is 2.70. The fourth-order valence-corrected chi connectivity index (χ4v) is 1.44. The van der Waals surface area contributed by atoms with Crippen molar-refractivity contribution < 1.29 is 19.7 Å². The molecule has 2 saturated heterocycles. The van der Waals surface area contributed by atoms with Crippen LogP contribution in [0.2, 0.25) is 0 Å². The van der Waals surface area contributed by atoms with Crippen LogP contribution in [-0.4, -0.2) is 42.7 Å². The topological polar surface area (TPSA) is 58.6 Å². The Bertz CT molecular complexity index is 122. The van der Waals surface area contributed by atoms with Gasteiger partial charge in [0.2, 0.25) is 0 Å². The molecule has 0 aliphatic carbocycles. The van der Waals surface area contributed by atoms with E-state index in [2.05, 4.69) is 0 Å². The molecule has 0 aromatic carbocycles. The Kier molecular flexibility index (Phi) is 1.42. The van der Waals surface area contributed by atoms with Gasteiger partial charge in [0.1, 0.15) is 24.4 Å². The van der Waals surface area contributed by atoms with Crippen molar-refractivity contribution >= 4 is 0 Å². The van der Waals surface area contributed by atoms with Crippen molar-refractivity contribution in [2.75, 3.05) is 13.2 Å². The molecule has 0 unspecified atom stereocenters. The third kappa shape index (κ3) is 0.769. The number of rotatable bonds is 0. The zero-order valence-corrected chi connectivity index (χ0v) is 5.40. The summed E-state index contributed by atoms with van der Waals surface area (Å²) in [4.78, 5) is 0. The number of aliphatic hydroxyl groups is 1. The molecule has 0 saturated carbocycles. The quantitative estimate of drug-likeness (QED) is 0.473. The fourth-order valence-electron chi connectivity index (χ4n) is 1.44. The first kappa shape index (κ1) is 6.54. The molecule has 2 fully saturated rings. The first-order valence-corrected chi connectivity index (χ1v) is 3.36. The van der Waals surface area contributed by atoms with Crippen LogP contribution in [0, 0.1) is 0 Å². The van der Waals surface area contributed by atoms with Crippen molar-refractivity contribution in [1.29, 1.82) is 0 Å². The highest BCUT2D eigenvalue weighted by atomic mass is 16.6. The van der Waals surface area contributed by atoms with E-state index in [1.165, 1.54) is 0 Å². The van der Waals surface area contributed by atoms with Crippen LogP contribution in [0.25, 0.3) is 0 Å². The largest absolute Gasteiger partial charge is 0.388 e. The van der Waals surface area contributed by atoms with Crippen LogP contribution in [0.3, 0.4) is 0 Å². The Morgan fingerprint density at radius 3 is 2.60 bits per heavy atom. The summed E-state index contributed by atoms with van der Waals surface area (Å²) in [5, 5.41) is 20.1. The Labute approximate surface area is 58.4 Å². The van der Waals surface area contributed by atoms with Gasteiger partial charge in [0.05, 0.1) is 13.2 Å². The molecule has 0 bridgehead atoms. The molecule has 1 radical (unpaired) electrons. The van der Waals surface area contributed by atoms with Gasteiger partial charge in [-0.1, -0.05) is 0 Å². The van der Waals surface area contributed by atoms with E-state index >= 15 is 0 Å². The molecule has 10 heavy (non-hydrogen) atoms. The molecule has 2 rings (SSSR count). The third-order valence-electron chi connectivity index (χ3n) is 1.98. The Morgan fingerprint density at radius 2 is 1.90 bits per heavy atom. The van der Waals surface area contributed by atoms with Gasteiger partial charge in [0.25, 0.3) is 0 Å². The molecular formula is C6H9O4.